The van der Waals surface area contributed by atoms with Crippen molar-refractivity contribution >= 4 is 11.9 Å². The molecule has 4 heteroatoms. The Kier molecular flexibility index (Phi) is 4.33. The lowest BCUT2D eigenvalue weighted by Gasteiger charge is -2.26. The molecule has 4 nitrogen and oxygen atoms in total. The third-order valence-electron chi connectivity index (χ3n) is 3.39. The molecule has 0 saturated heterocycles. The smallest absolute Gasteiger partial charge is 0.328 e. The van der Waals surface area contributed by atoms with Crippen LogP contribution in [0.15, 0.2) is 23.3 Å². The van der Waals surface area contributed by atoms with Crippen LogP contribution in [0, 0.1) is 5.41 Å². The van der Waals surface area contributed by atoms with Crippen LogP contribution >= 0.6 is 0 Å². The van der Waals surface area contributed by atoms with Crippen molar-refractivity contribution in [2.24, 2.45) is 5.41 Å². The third-order valence-corrected chi connectivity index (χ3v) is 3.39. The SMILES string of the molecule is C=C1C(C)=C(C)CC1(C(=O)OCC)C(=O)OCC. The molecule has 0 heterocycles. The molecule has 18 heavy (non-hydrogen) atoms. The normalized spacial score (nSPS) is 17.9. The monoisotopic (exact) mass is 252 g/mol. The van der Waals surface area contributed by atoms with E-state index in [1.165, 1.54) is 0 Å². The summed E-state index contributed by atoms with van der Waals surface area (Å²) in [7, 11) is 0. The van der Waals surface area contributed by atoms with Gasteiger partial charge >= 0.3 is 11.9 Å². The average molecular weight is 252 g/mol. The molecule has 0 bridgehead atoms. The number of allylic oxidation sites excluding steroid dienone is 2. The zero-order chi connectivity index (χ0) is 13.9. The van der Waals surface area contributed by atoms with Crippen LogP contribution in [0.5, 0.6) is 0 Å². The first-order valence-electron chi connectivity index (χ1n) is 6.12. The second kappa shape index (κ2) is 5.38. The number of hydrogen-bond acceptors (Lipinski definition) is 4. The van der Waals surface area contributed by atoms with Gasteiger partial charge in [0.1, 0.15) is 0 Å². The Labute approximate surface area is 108 Å². The average Bonchev–Trinajstić information content (AvgIpc) is 2.55. The summed E-state index contributed by atoms with van der Waals surface area (Å²) in [5.74, 6) is -1.13. The number of hydrogen-bond donors (Lipinski definition) is 0. The van der Waals surface area contributed by atoms with E-state index < -0.39 is 17.4 Å². The lowest BCUT2D eigenvalue weighted by Crippen LogP contribution is -2.41. The molecule has 0 atom stereocenters. The maximum Gasteiger partial charge on any atom is 0.328 e. The zero-order valence-corrected chi connectivity index (χ0v) is 11.5. The molecule has 0 aliphatic heterocycles. The predicted octanol–water partition coefficient (Wildman–Crippen LogP) is 2.40. The van der Waals surface area contributed by atoms with Crippen LogP contribution in [-0.2, 0) is 19.1 Å². The maximum absolute atomic E-state index is 12.2. The number of esters is 2. The van der Waals surface area contributed by atoms with E-state index in [-0.39, 0.29) is 13.2 Å². The Balaban J connectivity index is 3.18. The van der Waals surface area contributed by atoms with Crippen molar-refractivity contribution in [3.63, 3.8) is 0 Å². The fourth-order valence-electron chi connectivity index (χ4n) is 2.20. The first-order chi connectivity index (χ1) is 8.41. The van der Waals surface area contributed by atoms with Gasteiger partial charge in [-0.25, -0.2) is 0 Å². The molecule has 1 aliphatic carbocycles. The van der Waals surface area contributed by atoms with E-state index >= 15 is 0 Å². The molecule has 1 rings (SSSR count). The lowest BCUT2D eigenvalue weighted by molar-refractivity contribution is -0.168. The zero-order valence-electron chi connectivity index (χ0n) is 11.5. The molecule has 0 aromatic carbocycles. The molecular formula is C14H20O4. The van der Waals surface area contributed by atoms with Crippen molar-refractivity contribution in [2.45, 2.75) is 34.1 Å². The lowest BCUT2D eigenvalue weighted by atomic mass is 9.80. The van der Waals surface area contributed by atoms with Crippen LogP contribution < -0.4 is 0 Å². The van der Waals surface area contributed by atoms with Crippen LogP contribution in [0.4, 0.5) is 0 Å². The van der Waals surface area contributed by atoms with Crippen molar-refractivity contribution < 1.29 is 19.1 Å². The number of carbonyl (C=O) groups excluding carboxylic acids is 2. The molecule has 0 aromatic heterocycles. The highest BCUT2D eigenvalue weighted by atomic mass is 16.6. The first-order valence-corrected chi connectivity index (χ1v) is 6.12. The molecule has 0 aromatic rings. The summed E-state index contributed by atoms with van der Waals surface area (Å²) in [4.78, 5) is 24.3. The molecule has 100 valence electrons. The van der Waals surface area contributed by atoms with Crippen molar-refractivity contribution in [1.29, 1.82) is 0 Å². The third kappa shape index (κ3) is 2.07. The molecular weight excluding hydrogens is 232 g/mol. The summed E-state index contributed by atoms with van der Waals surface area (Å²) in [6, 6.07) is 0. The van der Waals surface area contributed by atoms with Crippen molar-refractivity contribution in [3.05, 3.63) is 23.3 Å². The Morgan fingerprint density at radius 1 is 1.17 bits per heavy atom. The van der Waals surface area contributed by atoms with Crippen LogP contribution in [0.1, 0.15) is 34.1 Å². The fourth-order valence-corrected chi connectivity index (χ4v) is 2.20. The highest BCUT2D eigenvalue weighted by molar-refractivity contribution is 6.05. The van der Waals surface area contributed by atoms with Gasteiger partial charge in [0.2, 0.25) is 0 Å². The Morgan fingerprint density at radius 3 is 1.89 bits per heavy atom. The molecule has 0 N–H and O–H groups in total. The molecule has 1 aliphatic rings. The topological polar surface area (TPSA) is 52.6 Å². The van der Waals surface area contributed by atoms with Crippen LogP contribution in [0.2, 0.25) is 0 Å². The van der Waals surface area contributed by atoms with Gasteiger partial charge < -0.3 is 9.47 Å². The minimum absolute atomic E-state index is 0.228. The van der Waals surface area contributed by atoms with Gasteiger partial charge in [0, 0.05) is 0 Å². The van der Waals surface area contributed by atoms with Gasteiger partial charge in [-0.3, -0.25) is 9.59 Å². The standard InChI is InChI=1S/C14H20O4/c1-6-17-12(15)14(13(16)18-7-2)8-9(3)10(4)11(14)5/h5-8H2,1-4H3. The summed E-state index contributed by atoms with van der Waals surface area (Å²) >= 11 is 0. The van der Waals surface area contributed by atoms with Gasteiger partial charge in [-0.2, -0.15) is 0 Å². The summed E-state index contributed by atoms with van der Waals surface area (Å²) in [6.07, 6.45) is 0.301. The molecule has 0 fully saturated rings. The van der Waals surface area contributed by atoms with Crippen LogP contribution in [0.25, 0.3) is 0 Å². The van der Waals surface area contributed by atoms with Crippen LogP contribution in [0.3, 0.4) is 0 Å². The second-order valence-electron chi connectivity index (χ2n) is 4.41. The predicted molar refractivity (Wildman–Crippen MR) is 67.8 cm³/mol. The molecule has 0 radical (unpaired) electrons. The molecule has 0 saturated carbocycles. The van der Waals surface area contributed by atoms with Crippen molar-refractivity contribution in [3.8, 4) is 0 Å². The summed E-state index contributed by atoms with van der Waals surface area (Å²) in [6.45, 7) is 11.5. The van der Waals surface area contributed by atoms with E-state index in [9.17, 15) is 9.59 Å². The Morgan fingerprint density at radius 2 is 1.61 bits per heavy atom. The van der Waals surface area contributed by atoms with Gasteiger partial charge in [-0.15, -0.1) is 0 Å². The number of carbonyl (C=O) groups is 2. The van der Waals surface area contributed by atoms with E-state index in [1.807, 2.05) is 13.8 Å². The number of rotatable bonds is 4. The van der Waals surface area contributed by atoms with Gasteiger partial charge in [0.05, 0.1) is 13.2 Å². The van der Waals surface area contributed by atoms with Gasteiger partial charge in [0.25, 0.3) is 0 Å². The quantitative estimate of drug-likeness (QED) is 0.569. The minimum atomic E-state index is -1.37. The molecule has 0 spiro atoms. The van der Waals surface area contributed by atoms with Crippen LogP contribution in [-0.4, -0.2) is 25.2 Å². The van der Waals surface area contributed by atoms with E-state index in [2.05, 4.69) is 6.58 Å². The largest absolute Gasteiger partial charge is 0.465 e. The Bertz CT molecular complexity index is 400. The van der Waals surface area contributed by atoms with Gasteiger partial charge in [-0.05, 0) is 45.3 Å². The van der Waals surface area contributed by atoms with E-state index in [4.69, 9.17) is 9.47 Å². The highest BCUT2D eigenvalue weighted by Gasteiger charge is 2.55. The van der Waals surface area contributed by atoms with Gasteiger partial charge in [-0.1, -0.05) is 12.2 Å². The van der Waals surface area contributed by atoms with Gasteiger partial charge in [0.15, 0.2) is 5.41 Å². The maximum atomic E-state index is 12.2. The highest BCUT2D eigenvalue weighted by Crippen LogP contribution is 2.47. The van der Waals surface area contributed by atoms with Crippen molar-refractivity contribution in [2.75, 3.05) is 13.2 Å². The van der Waals surface area contributed by atoms with E-state index in [0.717, 1.165) is 11.1 Å². The molecule has 0 amide bonds. The first kappa shape index (κ1) is 14.5. The van der Waals surface area contributed by atoms with E-state index in [1.54, 1.807) is 13.8 Å². The fraction of sp³-hybridized carbons (Fsp3) is 0.571. The minimum Gasteiger partial charge on any atom is -0.465 e. The summed E-state index contributed by atoms with van der Waals surface area (Å²) < 4.78 is 10.1. The molecule has 0 unspecified atom stereocenters. The Hall–Kier alpha value is -1.58. The van der Waals surface area contributed by atoms with E-state index in [0.29, 0.717) is 12.0 Å². The second-order valence-corrected chi connectivity index (χ2v) is 4.41. The number of ether oxygens (including phenoxy) is 2. The summed E-state index contributed by atoms with van der Waals surface area (Å²) in [5, 5.41) is 0. The van der Waals surface area contributed by atoms with Crippen molar-refractivity contribution in [1.82, 2.24) is 0 Å². The summed E-state index contributed by atoms with van der Waals surface area (Å²) in [5.41, 5.74) is 0.981.